The Bertz CT molecular complexity index is 367. The maximum Gasteiger partial charge on any atom is 0.289 e. The van der Waals surface area contributed by atoms with Crippen LogP contribution in [-0.4, -0.2) is 46.8 Å². The van der Waals surface area contributed by atoms with Crippen molar-refractivity contribution in [3.63, 3.8) is 0 Å². The van der Waals surface area contributed by atoms with E-state index in [0.29, 0.717) is 19.6 Å². The second kappa shape index (κ2) is 7.73. The zero-order valence-corrected chi connectivity index (χ0v) is 10.7. The molecule has 1 aromatic rings. The number of aliphatic hydroxyl groups excluding tert-OH is 1. The van der Waals surface area contributed by atoms with Crippen molar-refractivity contribution in [2.45, 2.75) is 26.4 Å². The third-order valence-corrected chi connectivity index (χ3v) is 2.31. The van der Waals surface area contributed by atoms with Crippen LogP contribution in [0, 0.1) is 6.92 Å². The monoisotopic (exact) mass is 253 g/mol. The molecule has 0 spiro atoms. The van der Waals surface area contributed by atoms with E-state index in [1.54, 1.807) is 12.4 Å². The number of aryl methyl sites for hydroxylation is 1. The number of nitrogens with one attached hydrogen (secondary N) is 1. The quantitative estimate of drug-likeness (QED) is 0.730. The van der Waals surface area contributed by atoms with Gasteiger partial charge in [-0.1, -0.05) is 0 Å². The van der Waals surface area contributed by atoms with Crippen molar-refractivity contribution in [1.82, 2.24) is 15.3 Å². The first kappa shape index (κ1) is 14.5. The largest absolute Gasteiger partial charge is 0.394 e. The molecule has 1 atom stereocenters. The van der Waals surface area contributed by atoms with E-state index in [1.165, 1.54) is 0 Å². The van der Waals surface area contributed by atoms with Gasteiger partial charge in [-0.3, -0.25) is 4.79 Å². The van der Waals surface area contributed by atoms with E-state index in [9.17, 15) is 4.79 Å². The SMILES string of the molecule is Cc1cnc(C(=O)NCCC(C)OCCO)nc1. The molecule has 1 aromatic heterocycles. The molecule has 2 N–H and O–H groups in total. The lowest BCUT2D eigenvalue weighted by Crippen LogP contribution is -2.28. The van der Waals surface area contributed by atoms with Crippen molar-refractivity contribution in [3.8, 4) is 0 Å². The van der Waals surface area contributed by atoms with Gasteiger partial charge in [-0.15, -0.1) is 0 Å². The second-order valence-corrected chi connectivity index (χ2v) is 4.03. The Labute approximate surface area is 106 Å². The van der Waals surface area contributed by atoms with Crippen molar-refractivity contribution in [3.05, 3.63) is 23.8 Å². The van der Waals surface area contributed by atoms with Crippen LogP contribution in [-0.2, 0) is 4.74 Å². The number of rotatable bonds is 7. The van der Waals surface area contributed by atoms with Gasteiger partial charge in [0.05, 0.1) is 19.3 Å². The van der Waals surface area contributed by atoms with Gasteiger partial charge in [0, 0.05) is 18.9 Å². The summed E-state index contributed by atoms with van der Waals surface area (Å²) in [5.74, 6) is -0.117. The van der Waals surface area contributed by atoms with Crippen LogP contribution in [0.1, 0.15) is 29.5 Å². The van der Waals surface area contributed by atoms with Gasteiger partial charge in [0.1, 0.15) is 0 Å². The summed E-state index contributed by atoms with van der Waals surface area (Å²) in [5.41, 5.74) is 0.914. The maximum absolute atomic E-state index is 11.6. The Hall–Kier alpha value is -1.53. The summed E-state index contributed by atoms with van der Waals surface area (Å²) >= 11 is 0. The zero-order chi connectivity index (χ0) is 13.4. The minimum atomic E-state index is -0.288. The normalized spacial score (nSPS) is 12.2. The third kappa shape index (κ3) is 5.20. The number of amides is 1. The number of carbonyl (C=O) groups excluding carboxylic acids is 1. The molecule has 1 rings (SSSR count). The van der Waals surface area contributed by atoms with Crippen LogP contribution in [0.25, 0.3) is 0 Å². The minimum Gasteiger partial charge on any atom is -0.394 e. The topological polar surface area (TPSA) is 84.3 Å². The number of aromatic nitrogens is 2. The van der Waals surface area contributed by atoms with Gasteiger partial charge < -0.3 is 15.2 Å². The Kier molecular flexibility index (Phi) is 6.24. The van der Waals surface area contributed by atoms with Gasteiger partial charge in [-0.2, -0.15) is 0 Å². The van der Waals surface area contributed by atoms with Crippen molar-refractivity contribution >= 4 is 5.91 Å². The van der Waals surface area contributed by atoms with Gasteiger partial charge in [0.15, 0.2) is 0 Å². The first-order chi connectivity index (χ1) is 8.63. The van der Waals surface area contributed by atoms with Crippen LogP contribution in [0.4, 0.5) is 0 Å². The average Bonchev–Trinajstić information content (AvgIpc) is 2.37. The van der Waals surface area contributed by atoms with Crippen LogP contribution >= 0.6 is 0 Å². The zero-order valence-electron chi connectivity index (χ0n) is 10.7. The average molecular weight is 253 g/mol. The summed E-state index contributed by atoms with van der Waals surface area (Å²) < 4.78 is 5.26. The number of hydrogen-bond donors (Lipinski definition) is 2. The molecule has 6 heteroatoms. The predicted octanol–water partition coefficient (Wildman–Crippen LogP) is 0.302. The van der Waals surface area contributed by atoms with Crippen molar-refractivity contribution in [2.75, 3.05) is 19.8 Å². The van der Waals surface area contributed by atoms with E-state index >= 15 is 0 Å². The van der Waals surface area contributed by atoms with Crippen LogP contribution in [0.3, 0.4) is 0 Å². The predicted molar refractivity (Wildman–Crippen MR) is 66.2 cm³/mol. The Morgan fingerprint density at radius 2 is 2.17 bits per heavy atom. The fourth-order valence-electron chi connectivity index (χ4n) is 1.32. The van der Waals surface area contributed by atoms with E-state index in [2.05, 4.69) is 15.3 Å². The molecule has 0 aliphatic heterocycles. The number of carbonyl (C=O) groups is 1. The van der Waals surface area contributed by atoms with Crippen LogP contribution < -0.4 is 5.32 Å². The summed E-state index contributed by atoms with van der Waals surface area (Å²) in [6.45, 7) is 4.57. The molecule has 0 aliphatic carbocycles. The fourth-order valence-corrected chi connectivity index (χ4v) is 1.32. The molecule has 0 saturated carbocycles. The molecule has 0 aromatic carbocycles. The molecule has 0 saturated heterocycles. The third-order valence-electron chi connectivity index (χ3n) is 2.31. The molecule has 1 heterocycles. The molecule has 100 valence electrons. The minimum absolute atomic E-state index is 0.00335. The summed E-state index contributed by atoms with van der Waals surface area (Å²) in [7, 11) is 0. The van der Waals surface area contributed by atoms with Crippen molar-refractivity contribution in [1.29, 1.82) is 0 Å². The second-order valence-electron chi connectivity index (χ2n) is 4.03. The molecule has 0 radical (unpaired) electrons. The summed E-state index contributed by atoms with van der Waals surface area (Å²) in [6.07, 6.45) is 3.89. The molecule has 0 fully saturated rings. The first-order valence-electron chi connectivity index (χ1n) is 5.92. The number of aliphatic hydroxyl groups is 1. The highest BCUT2D eigenvalue weighted by Gasteiger charge is 2.08. The van der Waals surface area contributed by atoms with Gasteiger partial charge >= 0.3 is 0 Å². The Morgan fingerprint density at radius 3 is 2.78 bits per heavy atom. The fraction of sp³-hybridized carbons (Fsp3) is 0.583. The lowest BCUT2D eigenvalue weighted by atomic mass is 10.3. The molecule has 18 heavy (non-hydrogen) atoms. The summed E-state index contributed by atoms with van der Waals surface area (Å²) in [4.78, 5) is 19.5. The van der Waals surface area contributed by atoms with E-state index in [-0.39, 0.29) is 24.4 Å². The van der Waals surface area contributed by atoms with Gasteiger partial charge in [-0.25, -0.2) is 9.97 Å². The lowest BCUT2D eigenvalue weighted by Gasteiger charge is -2.12. The number of nitrogens with zero attached hydrogens (tertiary/aromatic N) is 2. The molecule has 6 nitrogen and oxygen atoms in total. The number of hydrogen-bond acceptors (Lipinski definition) is 5. The van der Waals surface area contributed by atoms with Crippen molar-refractivity contribution in [2.24, 2.45) is 0 Å². The summed E-state index contributed by atoms with van der Waals surface area (Å²) in [5, 5.41) is 11.3. The van der Waals surface area contributed by atoms with E-state index in [1.807, 2.05) is 13.8 Å². The van der Waals surface area contributed by atoms with Gasteiger partial charge in [0.25, 0.3) is 5.91 Å². The molecule has 0 bridgehead atoms. The van der Waals surface area contributed by atoms with E-state index in [0.717, 1.165) is 5.56 Å². The highest BCUT2D eigenvalue weighted by Crippen LogP contribution is 1.97. The Balaban J connectivity index is 2.27. The van der Waals surface area contributed by atoms with E-state index < -0.39 is 0 Å². The van der Waals surface area contributed by atoms with Gasteiger partial charge in [0.2, 0.25) is 5.82 Å². The molecule has 1 amide bonds. The smallest absolute Gasteiger partial charge is 0.289 e. The van der Waals surface area contributed by atoms with Crippen molar-refractivity contribution < 1.29 is 14.6 Å². The molecule has 0 aliphatic rings. The Morgan fingerprint density at radius 1 is 1.50 bits per heavy atom. The molecular weight excluding hydrogens is 234 g/mol. The lowest BCUT2D eigenvalue weighted by molar-refractivity contribution is 0.0348. The maximum atomic E-state index is 11.6. The van der Waals surface area contributed by atoms with Crippen LogP contribution in [0.5, 0.6) is 0 Å². The highest BCUT2D eigenvalue weighted by molar-refractivity contribution is 5.90. The molecular formula is C12H19N3O3. The first-order valence-corrected chi connectivity index (χ1v) is 5.92. The highest BCUT2D eigenvalue weighted by atomic mass is 16.5. The summed E-state index contributed by atoms with van der Waals surface area (Å²) in [6, 6.07) is 0. The number of ether oxygens (including phenoxy) is 1. The molecule has 1 unspecified atom stereocenters. The van der Waals surface area contributed by atoms with Gasteiger partial charge in [-0.05, 0) is 25.8 Å². The van der Waals surface area contributed by atoms with E-state index in [4.69, 9.17) is 9.84 Å². The van der Waals surface area contributed by atoms with Crippen LogP contribution in [0.15, 0.2) is 12.4 Å². The van der Waals surface area contributed by atoms with Crippen LogP contribution in [0.2, 0.25) is 0 Å². The standard InChI is InChI=1S/C12H19N3O3/c1-9-7-14-11(15-8-9)12(17)13-4-3-10(2)18-6-5-16/h7-8,10,16H,3-6H2,1-2H3,(H,13,17).